The van der Waals surface area contributed by atoms with Gasteiger partial charge in [0.15, 0.2) is 0 Å². The summed E-state index contributed by atoms with van der Waals surface area (Å²) in [7, 11) is 0. The van der Waals surface area contributed by atoms with Crippen molar-refractivity contribution in [1.82, 2.24) is 4.90 Å². The molecule has 104 valence electrons. The summed E-state index contributed by atoms with van der Waals surface area (Å²) >= 11 is 0. The SMILES string of the molecule is CC(C)Cc1ccc(C(C(=O)O)N2CCCC2)cc1. The molecule has 1 aromatic rings. The van der Waals surface area contributed by atoms with Gasteiger partial charge in [0.05, 0.1) is 0 Å². The number of aliphatic carboxylic acids is 1. The van der Waals surface area contributed by atoms with Gasteiger partial charge in [-0.15, -0.1) is 0 Å². The van der Waals surface area contributed by atoms with E-state index in [1.54, 1.807) is 0 Å². The molecule has 2 rings (SSSR count). The fraction of sp³-hybridized carbons (Fsp3) is 0.562. The molecule has 1 unspecified atom stereocenters. The second-order valence-electron chi connectivity index (χ2n) is 5.82. The van der Waals surface area contributed by atoms with Gasteiger partial charge in [-0.05, 0) is 49.4 Å². The molecule has 1 N–H and O–H groups in total. The lowest BCUT2D eigenvalue weighted by atomic mass is 9.99. The summed E-state index contributed by atoms with van der Waals surface area (Å²) in [5.41, 5.74) is 2.19. The van der Waals surface area contributed by atoms with Gasteiger partial charge in [-0.1, -0.05) is 38.1 Å². The van der Waals surface area contributed by atoms with E-state index in [2.05, 4.69) is 30.9 Å². The van der Waals surface area contributed by atoms with Crippen molar-refractivity contribution in [3.63, 3.8) is 0 Å². The summed E-state index contributed by atoms with van der Waals surface area (Å²) in [5.74, 6) is -0.113. The molecular weight excluding hydrogens is 238 g/mol. The Kier molecular flexibility index (Phi) is 4.59. The Hall–Kier alpha value is -1.35. The summed E-state index contributed by atoms with van der Waals surface area (Å²) in [5, 5.41) is 9.46. The predicted octanol–water partition coefficient (Wildman–Crippen LogP) is 3.11. The van der Waals surface area contributed by atoms with Crippen molar-refractivity contribution in [2.45, 2.75) is 39.2 Å². The quantitative estimate of drug-likeness (QED) is 0.885. The summed E-state index contributed by atoms with van der Waals surface area (Å²) < 4.78 is 0. The third-order valence-electron chi connectivity index (χ3n) is 3.68. The summed E-state index contributed by atoms with van der Waals surface area (Å²) in [6, 6.07) is 7.63. The molecule has 1 aliphatic rings. The molecule has 0 radical (unpaired) electrons. The van der Waals surface area contributed by atoms with Crippen LogP contribution in [0.5, 0.6) is 0 Å². The second-order valence-corrected chi connectivity index (χ2v) is 5.82. The Morgan fingerprint density at radius 1 is 1.21 bits per heavy atom. The summed E-state index contributed by atoms with van der Waals surface area (Å²) in [6.07, 6.45) is 3.26. The number of carbonyl (C=O) groups is 1. The van der Waals surface area contributed by atoms with E-state index in [-0.39, 0.29) is 0 Å². The number of carboxylic acids is 1. The van der Waals surface area contributed by atoms with Gasteiger partial charge in [-0.3, -0.25) is 9.69 Å². The Labute approximate surface area is 115 Å². The van der Waals surface area contributed by atoms with Crippen LogP contribution in [0.4, 0.5) is 0 Å². The molecule has 3 heteroatoms. The Balaban J connectivity index is 2.15. The lowest BCUT2D eigenvalue weighted by Gasteiger charge is -2.24. The fourth-order valence-corrected chi connectivity index (χ4v) is 2.82. The first-order chi connectivity index (χ1) is 9.08. The monoisotopic (exact) mass is 261 g/mol. The zero-order chi connectivity index (χ0) is 13.8. The number of carboxylic acid groups (broad SMARTS) is 1. The maximum atomic E-state index is 11.5. The van der Waals surface area contributed by atoms with Crippen LogP contribution in [-0.4, -0.2) is 29.1 Å². The average Bonchev–Trinajstić information content (AvgIpc) is 2.84. The van der Waals surface area contributed by atoms with Crippen molar-refractivity contribution in [3.05, 3.63) is 35.4 Å². The highest BCUT2D eigenvalue weighted by Crippen LogP contribution is 2.26. The highest BCUT2D eigenvalue weighted by molar-refractivity contribution is 5.75. The molecule has 0 spiro atoms. The van der Waals surface area contributed by atoms with Crippen molar-refractivity contribution >= 4 is 5.97 Å². The lowest BCUT2D eigenvalue weighted by Crippen LogP contribution is -2.31. The van der Waals surface area contributed by atoms with E-state index < -0.39 is 12.0 Å². The van der Waals surface area contributed by atoms with Crippen LogP contribution in [0.25, 0.3) is 0 Å². The molecule has 1 fully saturated rings. The first kappa shape index (κ1) is 14.1. The minimum atomic E-state index is -0.737. The van der Waals surface area contributed by atoms with E-state index in [9.17, 15) is 9.90 Å². The van der Waals surface area contributed by atoms with Crippen molar-refractivity contribution in [1.29, 1.82) is 0 Å². The van der Waals surface area contributed by atoms with Crippen LogP contribution < -0.4 is 0 Å². The number of hydrogen-bond acceptors (Lipinski definition) is 2. The number of nitrogens with zero attached hydrogens (tertiary/aromatic N) is 1. The molecule has 0 amide bonds. The standard InChI is InChI=1S/C16H23NO2/c1-12(2)11-13-5-7-14(8-6-13)15(16(18)19)17-9-3-4-10-17/h5-8,12,15H,3-4,9-11H2,1-2H3,(H,18,19). The molecule has 1 heterocycles. The van der Waals surface area contributed by atoms with Crippen LogP contribution in [0.2, 0.25) is 0 Å². The molecular formula is C16H23NO2. The van der Waals surface area contributed by atoms with Gasteiger partial charge in [-0.2, -0.15) is 0 Å². The smallest absolute Gasteiger partial charge is 0.325 e. The molecule has 1 saturated heterocycles. The maximum Gasteiger partial charge on any atom is 0.325 e. The van der Waals surface area contributed by atoms with Crippen molar-refractivity contribution in [3.8, 4) is 0 Å². The van der Waals surface area contributed by atoms with E-state index in [0.717, 1.165) is 37.9 Å². The molecule has 0 aliphatic carbocycles. The largest absolute Gasteiger partial charge is 0.480 e. The van der Waals surface area contributed by atoms with E-state index in [0.29, 0.717) is 5.92 Å². The summed E-state index contributed by atoms with van der Waals surface area (Å²) in [4.78, 5) is 13.6. The topological polar surface area (TPSA) is 40.5 Å². The van der Waals surface area contributed by atoms with Crippen molar-refractivity contribution in [2.75, 3.05) is 13.1 Å². The van der Waals surface area contributed by atoms with E-state index >= 15 is 0 Å². The van der Waals surface area contributed by atoms with Crippen LogP contribution in [0, 0.1) is 5.92 Å². The zero-order valence-corrected chi connectivity index (χ0v) is 11.8. The van der Waals surface area contributed by atoms with Crippen molar-refractivity contribution < 1.29 is 9.90 Å². The van der Waals surface area contributed by atoms with Crippen molar-refractivity contribution in [2.24, 2.45) is 5.92 Å². The van der Waals surface area contributed by atoms with Crippen LogP contribution in [-0.2, 0) is 11.2 Å². The van der Waals surface area contributed by atoms with Gasteiger partial charge in [0.1, 0.15) is 6.04 Å². The van der Waals surface area contributed by atoms with E-state index in [1.165, 1.54) is 5.56 Å². The first-order valence-electron chi connectivity index (χ1n) is 7.13. The molecule has 0 saturated carbocycles. The number of rotatable bonds is 5. The molecule has 1 aliphatic heterocycles. The first-order valence-corrected chi connectivity index (χ1v) is 7.13. The Morgan fingerprint density at radius 3 is 2.26 bits per heavy atom. The van der Waals surface area contributed by atoms with Gasteiger partial charge < -0.3 is 5.11 Å². The lowest BCUT2D eigenvalue weighted by molar-refractivity contribution is -0.143. The van der Waals surface area contributed by atoms with Gasteiger partial charge in [0.25, 0.3) is 0 Å². The Bertz CT molecular complexity index is 419. The zero-order valence-electron chi connectivity index (χ0n) is 11.8. The molecule has 0 aromatic heterocycles. The van der Waals surface area contributed by atoms with E-state index in [1.807, 2.05) is 12.1 Å². The maximum absolute atomic E-state index is 11.5. The highest BCUT2D eigenvalue weighted by Gasteiger charge is 2.29. The normalized spacial score (nSPS) is 17.8. The van der Waals surface area contributed by atoms with Gasteiger partial charge in [0.2, 0.25) is 0 Å². The average molecular weight is 261 g/mol. The van der Waals surface area contributed by atoms with Crippen LogP contribution in [0.15, 0.2) is 24.3 Å². The van der Waals surface area contributed by atoms with Gasteiger partial charge >= 0.3 is 5.97 Å². The van der Waals surface area contributed by atoms with Crippen LogP contribution in [0.1, 0.15) is 43.9 Å². The van der Waals surface area contributed by atoms with Gasteiger partial charge in [0, 0.05) is 0 Å². The number of hydrogen-bond donors (Lipinski definition) is 1. The molecule has 3 nitrogen and oxygen atoms in total. The minimum Gasteiger partial charge on any atom is -0.480 e. The third-order valence-corrected chi connectivity index (χ3v) is 3.68. The highest BCUT2D eigenvalue weighted by atomic mass is 16.4. The van der Waals surface area contributed by atoms with E-state index in [4.69, 9.17) is 0 Å². The molecule has 1 atom stereocenters. The Morgan fingerprint density at radius 2 is 1.79 bits per heavy atom. The predicted molar refractivity (Wildman–Crippen MR) is 76.2 cm³/mol. The van der Waals surface area contributed by atoms with Crippen LogP contribution >= 0.6 is 0 Å². The number of benzene rings is 1. The second kappa shape index (κ2) is 6.20. The molecule has 19 heavy (non-hydrogen) atoms. The molecule has 0 bridgehead atoms. The van der Waals surface area contributed by atoms with Gasteiger partial charge in [-0.25, -0.2) is 0 Å². The minimum absolute atomic E-state index is 0.476. The summed E-state index contributed by atoms with van der Waals surface area (Å²) in [6.45, 7) is 6.17. The van der Waals surface area contributed by atoms with Crippen LogP contribution in [0.3, 0.4) is 0 Å². The number of likely N-dealkylation sites (tertiary alicyclic amines) is 1. The molecule has 1 aromatic carbocycles. The third kappa shape index (κ3) is 3.57. The fourth-order valence-electron chi connectivity index (χ4n) is 2.82.